The fourth-order valence-corrected chi connectivity index (χ4v) is 1.51. The molecule has 0 aliphatic heterocycles. The lowest BCUT2D eigenvalue weighted by Gasteiger charge is -2.09. The summed E-state index contributed by atoms with van der Waals surface area (Å²) < 4.78 is 11.0. The molecule has 1 aromatic heterocycles. The molecule has 0 amide bonds. The fraction of sp³-hybridized carbons (Fsp3) is 0.308. The number of rotatable bonds is 4. The van der Waals surface area contributed by atoms with Gasteiger partial charge in [0.05, 0.1) is 18.8 Å². The van der Waals surface area contributed by atoms with Crippen molar-refractivity contribution < 1.29 is 9.15 Å². The van der Waals surface area contributed by atoms with Gasteiger partial charge in [0.2, 0.25) is 5.89 Å². The lowest BCUT2D eigenvalue weighted by molar-refractivity contribution is 0.242. The molecule has 17 heavy (non-hydrogen) atoms. The molecule has 0 aliphatic rings. The van der Waals surface area contributed by atoms with Crippen molar-refractivity contribution in [3.8, 4) is 17.1 Å². The number of hydrogen-bond acceptors (Lipinski definition) is 4. The Morgan fingerprint density at radius 3 is 2.53 bits per heavy atom. The zero-order valence-electron chi connectivity index (χ0n) is 10.0. The second kappa shape index (κ2) is 5.01. The Kier molecular flexibility index (Phi) is 3.44. The van der Waals surface area contributed by atoms with Gasteiger partial charge in [-0.15, -0.1) is 0 Å². The van der Waals surface area contributed by atoms with Crippen LogP contribution in [0.15, 0.2) is 34.9 Å². The van der Waals surface area contributed by atoms with Crippen LogP contribution in [0, 0.1) is 0 Å². The molecule has 0 saturated heterocycles. The zero-order chi connectivity index (χ0) is 12.3. The van der Waals surface area contributed by atoms with Crippen molar-refractivity contribution in [1.82, 2.24) is 4.98 Å². The van der Waals surface area contributed by atoms with Crippen molar-refractivity contribution in [3.05, 3.63) is 36.4 Å². The highest BCUT2D eigenvalue weighted by Crippen LogP contribution is 2.23. The minimum atomic E-state index is 0.176. The van der Waals surface area contributed by atoms with Crippen LogP contribution in [0.25, 0.3) is 11.3 Å². The normalized spacial score (nSPS) is 10.8. The highest BCUT2D eigenvalue weighted by atomic mass is 16.5. The Labute approximate surface area is 100 Å². The third-order valence-corrected chi connectivity index (χ3v) is 2.24. The Morgan fingerprint density at radius 1 is 1.29 bits per heavy atom. The number of benzene rings is 1. The zero-order valence-corrected chi connectivity index (χ0v) is 10.0. The van der Waals surface area contributed by atoms with Gasteiger partial charge in [-0.1, -0.05) is 0 Å². The summed E-state index contributed by atoms with van der Waals surface area (Å²) in [6, 6.07) is 7.72. The maximum atomic E-state index is 5.57. The first-order chi connectivity index (χ1) is 8.19. The molecule has 0 bridgehead atoms. The van der Waals surface area contributed by atoms with E-state index in [0.717, 1.165) is 17.1 Å². The van der Waals surface area contributed by atoms with E-state index in [-0.39, 0.29) is 6.10 Å². The number of nitrogens with zero attached hydrogens (tertiary/aromatic N) is 1. The number of oxazole rings is 1. The first kappa shape index (κ1) is 11.7. The van der Waals surface area contributed by atoms with Crippen molar-refractivity contribution in [2.45, 2.75) is 26.5 Å². The summed E-state index contributed by atoms with van der Waals surface area (Å²) in [6.07, 6.45) is 1.86. The van der Waals surface area contributed by atoms with Gasteiger partial charge >= 0.3 is 0 Å². The van der Waals surface area contributed by atoms with E-state index in [4.69, 9.17) is 14.9 Å². The maximum absolute atomic E-state index is 5.57. The first-order valence-corrected chi connectivity index (χ1v) is 5.61. The molecule has 0 spiro atoms. The molecular weight excluding hydrogens is 216 g/mol. The van der Waals surface area contributed by atoms with Crippen molar-refractivity contribution in [2.24, 2.45) is 5.73 Å². The molecule has 4 nitrogen and oxygen atoms in total. The number of ether oxygens (including phenoxy) is 1. The van der Waals surface area contributed by atoms with Crippen LogP contribution in [-0.4, -0.2) is 11.1 Å². The molecule has 1 heterocycles. The van der Waals surface area contributed by atoms with E-state index in [9.17, 15) is 0 Å². The van der Waals surface area contributed by atoms with Crippen LogP contribution >= 0.6 is 0 Å². The molecule has 2 N–H and O–H groups in total. The van der Waals surface area contributed by atoms with Gasteiger partial charge in [-0.2, -0.15) is 0 Å². The van der Waals surface area contributed by atoms with E-state index in [2.05, 4.69) is 4.98 Å². The summed E-state index contributed by atoms with van der Waals surface area (Å²) in [5.74, 6) is 2.12. The van der Waals surface area contributed by atoms with Gasteiger partial charge in [0.1, 0.15) is 5.75 Å². The number of nitrogens with two attached hydrogens (primary N) is 1. The third kappa shape index (κ3) is 2.85. The van der Waals surface area contributed by atoms with E-state index in [0.29, 0.717) is 12.4 Å². The molecule has 0 radical (unpaired) electrons. The minimum absolute atomic E-state index is 0.176. The van der Waals surface area contributed by atoms with Crippen LogP contribution in [0.2, 0.25) is 0 Å². The third-order valence-electron chi connectivity index (χ3n) is 2.24. The highest BCUT2D eigenvalue weighted by molar-refractivity contribution is 5.57. The van der Waals surface area contributed by atoms with Gasteiger partial charge in [-0.25, -0.2) is 4.98 Å². The number of aromatic nitrogens is 1. The second-order valence-electron chi connectivity index (χ2n) is 4.01. The van der Waals surface area contributed by atoms with E-state index in [1.807, 2.05) is 38.1 Å². The molecule has 0 saturated carbocycles. The Hall–Kier alpha value is -1.81. The SMILES string of the molecule is CC(C)Oc1ccc(-c2cnc(CN)o2)cc1. The largest absolute Gasteiger partial charge is 0.491 e. The summed E-state index contributed by atoms with van der Waals surface area (Å²) in [6.45, 7) is 4.31. The van der Waals surface area contributed by atoms with Crippen molar-refractivity contribution in [2.75, 3.05) is 0 Å². The Bertz CT molecular complexity index is 474. The lowest BCUT2D eigenvalue weighted by atomic mass is 10.2. The summed E-state index contributed by atoms with van der Waals surface area (Å²) >= 11 is 0. The monoisotopic (exact) mass is 232 g/mol. The molecule has 2 rings (SSSR count). The number of hydrogen-bond donors (Lipinski definition) is 1. The van der Waals surface area contributed by atoms with E-state index in [1.165, 1.54) is 0 Å². The van der Waals surface area contributed by atoms with Gasteiger partial charge in [0.15, 0.2) is 5.76 Å². The van der Waals surface area contributed by atoms with E-state index < -0.39 is 0 Å². The lowest BCUT2D eigenvalue weighted by Crippen LogP contribution is -2.05. The molecule has 2 aromatic rings. The smallest absolute Gasteiger partial charge is 0.208 e. The maximum Gasteiger partial charge on any atom is 0.208 e. The average Bonchev–Trinajstić information content (AvgIpc) is 2.78. The van der Waals surface area contributed by atoms with Crippen LogP contribution in [-0.2, 0) is 6.54 Å². The van der Waals surface area contributed by atoms with Crippen LogP contribution in [0.4, 0.5) is 0 Å². The van der Waals surface area contributed by atoms with Crippen molar-refractivity contribution in [3.63, 3.8) is 0 Å². The van der Waals surface area contributed by atoms with Crippen molar-refractivity contribution in [1.29, 1.82) is 0 Å². The van der Waals surface area contributed by atoms with Gasteiger partial charge < -0.3 is 14.9 Å². The summed E-state index contributed by atoms with van der Waals surface area (Å²) in [5, 5.41) is 0. The molecule has 0 atom stereocenters. The summed E-state index contributed by atoms with van der Waals surface area (Å²) in [7, 11) is 0. The molecule has 0 aliphatic carbocycles. The van der Waals surface area contributed by atoms with Gasteiger partial charge in [-0.3, -0.25) is 0 Å². The second-order valence-corrected chi connectivity index (χ2v) is 4.01. The first-order valence-electron chi connectivity index (χ1n) is 5.61. The van der Waals surface area contributed by atoms with E-state index in [1.54, 1.807) is 6.20 Å². The fourth-order valence-electron chi connectivity index (χ4n) is 1.51. The predicted octanol–water partition coefficient (Wildman–Crippen LogP) is 2.59. The molecule has 90 valence electrons. The quantitative estimate of drug-likeness (QED) is 0.880. The van der Waals surface area contributed by atoms with Crippen LogP contribution in [0.5, 0.6) is 5.75 Å². The highest BCUT2D eigenvalue weighted by Gasteiger charge is 2.05. The van der Waals surface area contributed by atoms with Crippen LogP contribution < -0.4 is 10.5 Å². The molecule has 1 aromatic carbocycles. The van der Waals surface area contributed by atoms with Crippen LogP contribution in [0.1, 0.15) is 19.7 Å². The van der Waals surface area contributed by atoms with Crippen LogP contribution in [0.3, 0.4) is 0 Å². The van der Waals surface area contributed by atoms with Gasteiger partial charge in [0, 0.05) is 5.56 Å². The summed E-state index contributed by atoms with van der Waals surface area (Å²) in [5.41, 5.74) is 6.41. The minimum Gasteiger partial charge on any atom is -0.491 e. The average molecular weight is 232 g/mol. The Balaban J connectivity index is 2.17. The van der Waals surface area contributed by atoms with Gasteiger partial charge in [-0.05, 0) is 38.1 Å². The molecular formula is C13H16N2O2. The molecule has 0 fully saturated rings. The Morgan fingerprint density at radius 2 is 2.00 bits per heavy atom. The molecule has 4 heteroatoms. The summed E-state index contributed by atoms with van der Waals surface area (Å²) in [4.78, 5) is 4.06. The standard InChI is InChI=1S/C13H16N2O2/c1-9(2)16-11-5-3-10(4-6-11)12-8-15-13(7-14)17-12/h3-6,8-9H,7,14H2,1-2H3. The van der Waals surface area contributed by atoms with Crippen molar-refractivity contribution >= 4 is 0 Å². The predicted molar refractivity (Wildman–Crippen MR) is 65.6 cm³/mol. The topological polar surface area (TPSA) is 61.3 Å². The van der Waals surface area contributed by atoms with Gasteiger partial charge in [0.25, 0.3) is 0 Å². The molecule has 0 unspecified atom stereocenters. The van der Waals surface area contributed by atoms with E-state index >= 15 is 0 Å².